The zero-order chi connectivity index (χ0) is 17.9. The van der Waals surface area contributed by atoms with E-state index in [2.05, 4.69) is 71.6 Å². The van der Waals surface area contributed by atoms with E-state index in [1.54, 1.807) is 0 Å². The van der Waals surface area contributed by atoms with Crippen molar-refractivity contribution >= 4 is 64.2 Å². The van der Waals surface area contributed by atoms with Gasteiger partial charge in [0.15, 0.2) is 6.20 Å². The molecule has 0 unspecified atom stereocenters. The van der Waals surface area contributed by atoms with Gasteiger partial charge >= 0.3 is 0 Å². The minimum absolute atomic E-state index is 0.813. The van der Waals surface area contributed by atoms with E-state index in [1.807, 2.05) is 11.3 Å². The molecule has 0 fully saturated rings. The zero-order valence-corrected chi connectivity index (χ0v) is 15.9. The summed E-state index contributed by atoms with van der Waals surface area (Å²) in [6, 6.07) is 15.6. The number of nitrogens with zero attached hydrogens (tertiary/aromatic N) is 3. The normalized spacial score (nSPS) is 13.4. The molecule has 0 N–H and O–H groups in total. The van der Waals surface area contributed by atoms with Crippen molar-refractivity contribution in [3.8, 4) is 0 Å². The van der Waals surface area contributed by atoms with Gasteiger partial charge in [0.05, 0.1) is 16.4 Å². The summed E-state index contributed by atoms with van der Waals surface area (Å²) in [5.74, 6) is 1.08. The van der Waals surface area contributed by atoms with Gasteiger partial charge in [0.2, 0.25) is 12.2 Å². The first-order valence-electron chi connectivity index (χ1n) is 9.28. The lowest BCUT2D eigenvalue weighted by Crippen LogP contribution is -2.37. The van der Waals surface area contributed by atoms with Crippen LogP contribution in [-0.2, 0) is 6.67 Å². The molecule has 4 heteroatoms. The average molecular weight is 366 g/mol. The van der Waals surface area contributed by atoms with Crippen LogP contribution < -0.4 is 4.57 Å². The molecule has 6 aromatic rings. The van der Waals surface area contributed by atoms with Crippen molar-refractivity contribution in [1.29, 1.82) is 0 Å². The maximum Gasteiger partial charge on any atom is 0.233 e. The van der Waals surface area contributed by atoms with Crippen LogP contribution in [0.1, 0.15) is 11.4 Å². The molecule has 0 atom stereocenters. The van der Waals surface area contributed by atoms with E-state index < -0.39 is 0 Å². The fraction of sp³-hybridized carbons (Fsp3) is 0.130. The lowest BCUT2D eigenvalue weighted by Gasteiger charge is -2.08. The lowest BCUT2D eigenvalue weighted by molar-refractivity contribution is -0.674. The Morgan fingerprint density at radius 1 is 0.963 bits per heavy atom. The number of pyridine rings is 1. The molecule has 0 saturated carbocycles. The third-order valence-electron chi connectivity index (χ3n) is 6.14. The molecule has 0 spiro atoms. The second-order valence-electron chi connectivity index (χ2n) is 7.58. The van der Waals surface area contributed by atoms with Gasteiger partial charge in [-0.05, 0) is 36.2 Å². The minimum atomic E-state index is 0.813. The van der Waals surface area contributed by atoms with Gasteiger partial charge in [0, 0.05) is 21.5 Å². The number of imidazole rings is 1. The molecule has 3 aromatic heterocycles. The molecule has 4 heterocycles. The smallest absolute Gasteiger partial charge is 0.233 e. The number of fused-ring (bicyclic) bond motifs is 3. The topological polar surface area (TPSA) is 21.7 Å². The first-order valence-corrected chi connectivity index (χ1v) is 10.1. The van der Waals surface area contributed by atoms with Crippen LogP contribution in [-0.4, -0.2) is 9.55 Å². The summed E-state index contributed by atoms with van der Waals surface area (Å²) in [5.41, 5.74) is 5.15. The standard InChI is InChI=1S/C23H16N3S/c1-12-9-10-25-11-26-13(2)24-20-16-6-4-3-5-14(16)15-7-8-17-19(18(15)21(20)26)22(25)23(12)27-17/h3-10H,11H2,1-2H3/q+1. The Morgan fingerprint density at radius 3 is 2.70 bits per heavy atom. The van der Waals surface area contributed by atoms with Crippen LogP contribution in [0, 0.1) is 13.8 Å². The van der Waals surface area contributed by atoms with Gasteiger partial charge in [-0.1, -0.05) is 30.3 Å². The third kappa shape index (κ3) is 1.51. The van der Waals surface area contributed by atoms with Gasteiger partial charge in [0.1, 0.15) is 10.5 Å². The number of thiophene rings is 1. The van der Waals surface area contributed by atoms with E-state index in [9.17, 15) is 0 Å². The van der Waals surface area contributed by atoms with Gasteiger partial charge < -0.3 is 0 Å². The highest BCUT2D eigenvalue weighted by atomic mass is 32.1. The molecular weight excluding hydrogens is 350 g/mol. The van der Waals surface area contributed by atoms with Crippen LogP contribution >= 0.6 is 11.3 Å². The fourth-order valence-electron chi connectivity index (χ4n) is 4.91. The van der Waals surface area contributed by atoms with Crippen LogP contribution in [0.3, 0.4) is 0 Å². The maximum atomic E-state index is 5.02. The largest absolute Gasteiger partial charge is 0.270 e. The molecule has 27 heavy (non-hydrogen) atoms. The summed E-state index contributed by atoms with van der Waals surface area (Å²) in [6.07, 6.45) is 2.24. The number of rotatable bonds is 0. The highest BCUT2D eigenvalue weighted by molar-refractivity contribution is 7.26. The summed E-state index contributed by atoms with van der Waals surface area (Å²) in [7, 11) is 0. The Hall–Kier alpha value is -2.98. The van der Waals surface area contributed by atoms with Crippen LogP contribution in [0.2, 0.25) is 0 Å². The first kappa shape index (κ1) is 14.1. The number of hydrogen-bond donors (Lipinski definition) is 0. The molecule has 0 bridgehead atoms. The van der Waals surface area contributed by atoms with E-state index in [4.69, 9.17) is 4.98 Å². The van der Waals surface area contributed by atoms with Gasteiger partial charge in [-0.25, -0.2) is 4.98 Å². The summed E-state index contributed by atoms with van der Waals surface area (Å²) >= 11 is 1.92. The van der Waals surface area contributed by atoms with Crippen LogP contribution in [0.5, 0.6) is 0 Å². The van der Waals surface area contributed by atoms with E-state index in [0.29, 0.717) is 0 Å². The zero-order valence-electron chi connectivity index (χ0n) is 15.1. The van der Waals surface area contributed by atoms with Crippen molar-refractivity contribution in [2.24, 2.45) is 0 Å². The van der Waals surface area contributed by atoms with Crippen molar-refractivity contribution in [3.63, 3.8) is 0 Å². The molecule has 3 nitrogen and oxygen atoms in total. The average Bonchev–Trinajstić information content (AvgIpc) is 3.18. The Morgan fingerprint density at radius 2 is 1.81 bits per heavy atom. The molecule has 0 amide bonds. The predicted molar refractivity (Wildman–Crippen MR) is 113 cm³/mol. The van der Waals surface area contributed by atoms with Gasteiger partial charge in [0.25, 0.3) is 0 Å². The molecule has 128 valence electrons. The van der Waals surface area contributed by atoms with Crippen LogP contribution in [0.25, 0.3) is 52.9 Å². The molecular formula is C23H16N3S+. The second-order valence-corrected chi connectivity index (χ2v) is 8.63. The summed E-state index contributed by atoms with van der Waals surface area (Å²) in [5, 5.41) is 6.64. The predicted octanol–water partition coefficient (Wildman–Crippen LogP) is 5.43. The number of aryl methyl sites for hydroxylation is 2. The van der Waals surface area contributed by atoms with Crippen molar-refractivity contribution < 1.29 is 4.57 Å². The number of aromatic nitrogens is 3. The molecule has 0 aliphatic carbocycles. The van der Waals surface area contributed by atoms with E-state index >= 15 is 0 Å². The van der Waals surface area contributed by atoms with Gasteiger partial charge in [-0.3, -0.25) is 4.57 Å². The van der Waals surface area contributed by atoms with Crippen LogP contribution in [0.4, 0.5) is 0 Å². The molecule has 0 saturated heterocycles. The number of hydrogen-bond acceptors (Lipinski definition) is 2. The van der Waals surface area contributed by atoms with Gasteiger partial charge in [-0.15, -0.1) is 11.3 Å². The highest BCUT2D eigenvalue weighted by Crippen LogP contribution is 2.44. The van der Waals surface area contributed by atoms with E-state index in [1.165, 1.54) is 52.9 Å². The Kier molecular flexibility index (Phi) is 2.33. The summed E-state index contributed by atoms with van der Waals surface area (Å²) < 4.78 is 7.56. The maximum absolute atomic E-state index is 5.02. The Bertz CT molecular complexity index is 1620. The molecule has 3 aromatic carbocycles. The monoisotopic (exact) mass is 366 g/mol. The molecule has 0 radical (unpaired) electrons. The summed E-state index contributed by atoms with van der Waals surface area (Å²) in [4.78, 5) is 5.02. The highest BCUT2D eigenvalue weighted by Gasteiger charge is 2.28. The molecule has 1 aliphatic heterocycles. The van der Waals surface area contributed by atoms with Gasteiger partial charge in [-0.2, -0.15) is 4.57 Å². The number of benzene rings is 3. The van der Waals surface area contributed by atoms with E-state index in [-0.39, 0.29) is 0 Å². The first-order chi connectivity index (χ1) is 13.2. The Labute approximate surface area is 159 Å². The van der Waals surface area contributed by atoms with Crippen molar-refractivity contribution in [3.05, 3.63) is 60.0 Å². The second kappa shape index (κ2) is 4.46. The fourth-order valence-corrected chi connectivity index (χ4v) is 6.11. The minimum Gasteiger partial charge on any atom is -0.270 e. The molecule has 1 aliphatic rings. The third-order valence-corrected chi connectivity index (χ3v) is 7.42. The SMILES string of the molecule is Cc1cc[n+]2c3c1sc1ccc4c5ccccc5c5nc(C)n(c5c4c13)C2. The van der Waals surface area contributed by atoms with Crippen LogP contribution in [0.15, 0.2) is 48.7 Å². The lowest BCUT2D eigenvalue weighted by atomic mass is 9.97. The quantitative estimate of drug-likeness (QED) is 0.259. The van der Waals surface area contributed by atoms with Crippen molar-refractivity contribution in [2.75, 3.05) is 0 Å². The van der Waals surface area contributed by atoms with Crippen molar-refractivity contribution in [2.45, 2.75) is 20.5 Å². The Balaban J connectivity index is 1.96. The molecule has 7 rings (SSSR count). The summed E-state index contributed by atoms with van der Waals surface area (Å²) in [6.45, 7) is 5.17. The van der Waals surface area contributed by atoms with E-state index in [0.717, 1.165) is 18.0 Å². The van der Waals surface area contributed by atoms with Crippen molar-refractivity contribution in [1.82, 2.24) is 9.55 Å².